The maximum Gasteiger partial charge on any atom is 0.0918 e. The van der Waals surface area contributed by atoms with Gasteiger partial charge in [-0.15, -0.1) is 0 Å². The zero-order valence-corrected chi connectivity index (χ0v) is 9.85. The second-order valence-electron chi connectivity index (χ2n) is 3.53. The largest absolute Gasteiger partial charge is 0.193 e. The molecule has 0 aliphatic carbocycles. The molecule has 0 aliphatic rings. The van der Waals surface area contributed by atoms with E-state index in [1.807, 2.05) is 54.6 Å². The highest BCUT2D eigenvalue weighted by Gasteiger charge is 2.07. The molecule has 0 saturated heterocycles. The Hall–Kier alpha value is -2.04. The molecule has 0 amide bonds. The van der Waals surface area contributed by atoms with Crippen LogP contribution in [-0.2, 0) is 0 Å². The molecule has 2 heteroatoms. The molecule has 2 aromatic carbocycles. The first-order valence-corrected chi connectivity index (χ1v) is 5.61. The number of hydrogen-bond donors (Lipinski definition) is 0. The molecule has 0 aliphatic heterocycles. The van der Waals surface area contributed by atoms with E-state index in [2.05, 4.69) is 6.07 Å². The van der Waals surface area contributed by atoms with Crippen LogP contribution < -0.4 is 0 Å². The third-order valence-electron chi connectivity index (χ3n) is 2.46. The van der Waals surface area contributed by atoms with E-state index in [9.17, 15) is 0 Å². The molecule has 0 bridgehead atoms. The van der Waals surface area contributed by atoms with Crippen molar-refractivity contribution in [3.05, 3.63) is 76.8 Å². The van der Waals surface area contributed by atoms with E-state index in [1.165, 1.54) is 6.08 Å². The van der Waals surface area contributed by atoms with Gasteiger partial charge in [-0.1, -0.05) is 60.1 Å². The van der Waals surface area contributed by atoms with Crippen molar-refractivity contribution >= 4 is 17.2 Å². The van der Waals surface area contributed by atoms with Gasteiger partial charge >= 0.3 is 0 Å². The van der Waals surface area contributed by atoms with Crippen molar-refractivity contribution < 1.29 is 0 Å². The van der Waals surface area contributed by atoms with Gasteiger partial charge in [0.25, 0.3) is 0 Å². The molecule has 0 radical (unpaired) electrons. The predicted octanol–water partition coefficient (Wildman–Crippen LogP) is 4.30. The number of nitrogens with zero attached hydrogens (tertiary/aromatic N) is 1. The lowest BCUT2D eigenvalue weighted by Crippen LogP contribution is -1.88. The van der Waals surface area contributed by atoms with Crippen LogP contribution in [0.3, 0.4) is 0 Å². The van der Waals surface area contributed by atoms with Crippen LogP contribution in [0.15, 0.2) is 60.7 Å². The number of nitriles is 1. The number of hydrogen-bond acceptors (Lipinski definition) is 1. The van der Waals surface area contributed by atoms with Crippen LogP contribution in [0.25, 0.3) is 5.57 Å². The third kappa shape index (κ3) is 2.55. The standard InChI is InChI=1S/C15H10ClN/c16-15-9-5-4-8-14(15)13(10-11-17)12-6-2-1-3-7-12/h1-10H/b13-10+. The fourth-order valence-electron chi connectivity index (χ4n) is 1.68. The second-order valence-corrected chi connectivity index (χ2v) is 3.94. The summed E-state index contributed by atoms with van der Waals surface area (Å²) in [5.74, 6) is 0. The van der Waals surface area contributed by atoms with Crippen LogP contribution in [0.5, 0.6) is 0 Å². The molecule has 0 N–H and O–H groups in total. The van der Waals surface area contributed by atoms with Crippen molar-refractivity contribution in [3.63, 3.8) is 0 Å². The fraction of sp³-hybridized carbons (Fsp3) is 0. The van der Waals surface area contributed by atoms with E-state index in [-0.39, 0.29) is 0 Å². The summed E-state index contributed by atoms with van der Waals surface area (Å²) in [6.45, 7) is 0. The fourth-order valence-corrected chi connectivity index (χ4v) is 1.92. The van der Waals surface area contributed by atoms with Gasteiger partial charge in [0, 0.05) is 22.2 Å². The molecular weight excluding hydrogens is 230 g/mol. The molecule has 0 aromatic heterocycles. The topological polar surface area (TPSA) is 23.8 Å². The molecule has 0 atom stereocenters. The third-order valence-corrected chi connectivity index (χ3v) is 2.79. The van der Waals surface area contributed by atoms with Crippen molar-refractivity contribution in [2.45, 2.75) is 0 Å². The molecule has 0 saturated carbocycles. The zero-order chi connectivity index (χ0) is 12.1. The van der Waals surface area contributed by atoms with Gasteiger partial charge in [0.05, 0.1) is 6.07 Å². The summed E-state index contributed by atoms with van der Waals surface area (Å²) in [6.07, 6.45) is 1.52. The Morgan fingerprint density at radius 2 is 1.65 bits per heavy atom. The van der Waals surface area contributed by atoms with Crippen molar-refractivity contribution in [1.82, 2.24) is 0 Å². The summed E-state index contributed by atoms with van der Waals surface area (Å²) in [5.41, 5.74) is 2.71. The van der Waals surface area contributed by atoms with Crippen molar-refractivity contribution in [2.75, 3.05) is 0 Å². The second kappa shape index (κ2) is 5.34. The average Bonchev–Trinajstić information content (AvgIpc) is 2.38. The molecule has 1 nitrogen and oxygen atoms in total. The Balaban J connectivity index is 2.57. The minimum absolute atomic E-state index is 0.651. The normalized spacial score (nSPS) is 10.9. The average molecular weight is 240 g/mol. The lowest BCUT2D eigenvalue weighted by molar-refractivity contribution is 1.51. The van der Waals surface area contributed by atoms with Crippen molar-refractivity contribution in [3.8, 4) is 6.07 Å². The van der Waals surface area contributed by atoms with Crippen molar-refractivity contribution in [2.24, 2.45) is 0 Å². The zero-order valence-electron chi connectivity index (χ0n) is 9.10. The van der Waals surface area contributed by atoms with Gasteiger partial charge in [0.15, 0.2) is 0 Å². The van der Waals surface area contributed by atoms with E-state index in [0.717, 1.165) is 16.7 Å². The molecule has 0 heterocycles. The summed E-state index contributed by atoms with van der Waals surface area (Å²) in [6, 6.07) is 19.4. The summed E-state index contributed by atoms with van der Waals surface area (Å²) in [5, 5.41) is 9.53. The van der Waals surface area contributed by atoms with E-state index in [0.29, 0.717) is 5.02 Å². The van der Waals surface area contributed by atoms with Crippen LogP contribution in [0.1, 0.15) is 11.1 Å². The summed E-state index contributed by atoms with van der Waals surface area (Å²) in [4.78, 5) is 0. The SMILES string of the molecule is N#C/C=C(\c1ccccc1)c1ccccc1Cl. The Morgan fingerprint density at radius 3 is 2.29 bits per heavy atom. The minimum Gasteiger partial charge on any atom is -0.193 e. The van der Waals surface area contributed by atoms with Crippen LogP contribution in [0.2, 0.25) is 5.02 Å². The number of halogens is 1. The van der Waals surface area contributed by atoms with Gasteiger partial charge in [0.2, 0.25) is 0 Å². The first kappa shape index (κ1) is 11.4. The predicted molar refractivity (Wildman–Crippen MR) is 70.6 cm³/mol. The highest BCUT2D eigenvalue weighted by atomic mass is 35.5. The molecule has 2 aromatic rings. The summed E-state index contributed by atoms with van der Waals surface area (Å²) in [7, 11) is 0. The highest BCUT2D eigenvalue weighted by molar-refractivity contribution is 6.32. The molecule has 0 fully saturated rings. The van der Waals surface area contributed by atoms with Crippen molar-refractivity contribution in [1.29, 1.82) is 5.26 Å². The Bertz CT molecular complexity index is 579. The van der Waals surface area contributed by atoms with Gasteiger partial charge in [-0.3, -0.25) is 0 Å². The molecule has 2 rings (SSSR count). The van der Waals surface area contributed by atoms with E-state index >= 15 is 0 Å². The van der Waals surface area contributed by atoms with Gasteiger partial charge in [-0.25, -0.2) is 0 Å². The summed E-state index contributed by atoms with van der Waals surface area (Å²) < 4.78 is 0. The van der Waals surface area contributed by atoms with Gasteiger partial charge in [-0.2, -0.15) is 5.26 Å². The first-order valence-electron chi connectivity index (χ1n) is 5.23. The van der Waals surface area contributed by atoms with E-state index < -0.39 is 0 Å². The van der Waals surface area contributed by atoms with Crippen LogP contribution in [-0.4, -0.2) is 0 Å². The van der Waals surface area contributed by atoms with Crippen LogP contribution in [0.4, 0.5) is 0 Å². The first-order chi connectivity index (χ1) is 8.33. The minimum atomic E-state index is 0.651. The number of allylic oxidation sites excluding steroid dienone is 1. The highest BCUT2D eigenvalue weighted by Crippen LogP contribution is 2.28. The Labute approximate surface area is 106 Å². The van der Waals surface area contributed by atoms with E-state index in [1.54, 1.807) is 0 Å². The lowest BCUT2D eigenvalue weighted by Gasteiger charge is -2.08. The quantitative estimate of drug-likeness (QED) is 0.717. The monoisotopic (exact) mass is 239 g/mol. The Morgan fingerprint density at radius 1 is 1.00 bits per heavy atom. The molecule has 0 unspecified atom stereocenters. The Kier molecular flexibility index (Phi) is 3.59. The van der Waals surface area contributed by atoms with Gasteiger partial charge in [-0.05, 0) is 11.6 Å². The molecular formula is C15H10ClN. The molecule has 82 valence electrons. The maximum absolute atomic E-state index is 8.88. The number of benzene rings is 2. The molecule has 0 spiro atoms. The number of rotatable bonds is 2. The summed E-state index contributed by atoms with van der Waals surface area (Å²) >= 11 is 6.15. The van der Waals surface area contributed by atoms with Gasteiger partial charge < -0.3 is 0 Å². The lowest BCUT2D eigenvalue weighted by atomic mass is 9.98. The van der Waals surface area contributed by atoms with Crippen LogP contribution >= 0.6 is 11.6 Å². The smallest absolute Gasteiger partial charge is 0.0918 e. The van der Waals surface area contributed by atoms with Gasteiger partial charge in [0.1, 0.15) is 0 Å². The maximum atomic E-state index is 8.88. The van der Waals surface area contributed by atoms with Crippen LogP contribution in [0, 0.1) is 11.3 Å². The van der Waals surface area contributed by atoms with E-state index in [4.69, 9.17) is 16.9 Å². The molecule has 17 heavy (non-hydrogen) atoms.